The number of anilines is 2. The summed E-state index contributed by atoms with van der Waals surface area (Å²) in [5.41, 5.74) is 0.902. The number of nitrogens with zero attached hydrogens (tertiary/aromatic N) is 3. The fourth-order valence-corrected chi connectivity index (χ4v) is 6.32. The molecule has 0 aromatic heterocycles. The quantitative estimate of drug-likeness (QED) is 0.0993. The van der Waals surface area contributed by atoms with Crippen molar-refractivity contribution in [3.63, 3.8) is 0 Å². The van der Waals surface area contributed by atoms with E-state index in [1.807, 2.05) is 6.92 Å². The van der Waals surface area contributed by atoms with E-state index < -0.39 is 44.9 Å². The monoisotopic (exact) mass is 629 g/mol. The first-order valence-electron chi connectivity index (χ1n) is 14.1. The number of non-ortho nitro benzene ring substituents is 1. The lowest BCUT2D eigenvalue weighted by atomic mass is 9.90. The van der Waals surface area contributed by atoms with Crippen molar-refractivity contribution in [2.45, 2.75) is 30.4 Å². The average molecular weight is 630 g/mol. The standard InChI is InChI=1S/C32H27N3O9S/c1-2-19-42-25-17-13-22(14-18-25)33-31(36)28-29(34(43-30(28)32(33)37)23-7-6-8-24(20-23)35(38)39)21-11-15-26(16-12-21)44-45(40,41)27-9-4-3-5-10-27/h3-18,20,28-30H,2,19H2,1H3/t28-,29+,30+/m0/s1. The predicted octanol–water partition coefficient (Wildman–Crippen LogP) is 5.20. The third kappa shape index (κ3) is 5.70. The molecule has 0 N–H and O–H groups in total. The fourth-order valence-electron chi connectivity index (χ4n) is 5.37. The number of nitro groups is 1. The zero-order valence-corrected chi connectivity index (χ0v) is 24.7. The van der Waals surface area contributed by atoms with Crippen LogP contribution in [0, 0.1) is 16.0 Å². The Hall–Kier alpha value is -5.27. The van der Waals surface area contributed by atoms with Crippen LogP contribution in [0.2, 0.25) is 0 Å². The van der Waals surface area contributed by atoms with Crippen LogP contribution in [0.5, 0.6) is 11.5 Å². The van der Waals surface area contributed by atoms with Crippen LogP contribution in [0.1, 0.15) is 24.9 Å². The molecule has 0 radical (unpaired) electrons. The lowest BCUT2D eigenvalue weighted by Crippen LogP contribution is -2.37. The highest BCUT2D eigenvalue weighted by molar-refractivity contribution is 7.87. The molecule has 0 unspecified atom stereocenters. The van der Waals surface area contributed by atoms with Crippen molar-refractivity contribution in [2.24, 2.45) is 5.92 Å². The molecule has 4 aromatic rings. The molecule has 2 aliphatic heterocycles. The summed E-state index contributed by atoms with van der Waals surface area (Å²) in [6.07, 6.45) is -0.392. The number of rotatable bonds is 10. The van der Waals surface area contributed by atoms with Crippen LogP contribution in [-0.4, -0.2) is 37.9 Å². The number of carbonyl (C=O) groups excluding carboxylic acids is 2. The first-order chi connectivity index (χ1) is 21.7. The molecule has 230 valence electrons. The highest BCUT2D eigenvalue weighted by atomic mass is 32.2. The number of fused-ring (bicyclic) bond motifs is 1. The van der Waals surface area contributed by atoms with Gasteiger partial charge in [-0.3, -0.25) is 24.5 Å². The van der Waals surface area contributed by atoms with Gasteiger partial charge in [0.15, 0.2) is 6.10 Å². The molecule has 12 nitrogen and oxygen atoms in total. The Morgan fingerprint density at radius 2 is 1.53 bits per heavy atom. The van der Waals surface area contributed by atoms with E-state index in [1.54, 1.807) is 60.7 Å². The van der Waals surface area contributed by atoms with Crippen molar-refractivity contribution in [1.29, 1.82) is 0 Å². The van der Waals surface area contributed by atoms with E-state index in [0.717, 1.165) is 11.3 Å². The maximum Gasteiger partial charge on any atom is 0.339 e. The van der Waals surface area contributed by atoms with Crippen LogP contribution in [0.3, 0.4) is 0 Å². The molecule has 2 aliphatic rings. The van der Waals surface area contributed by atoms with Gasteiger partial charge in [0.2, 0.25) is 5.91 Å². The summed E-state index contributed by atoms with van der Waals surface area (Å²) >= 11 is 0. The largest absolute Gasteiger partial charge is 0.494 e. The zero-order valence-electron chi connectivity index (χ0n) is 23.9. The summed E-state index contributed by atoms with van der Waals surface area (Å²) in [5, 5.41) is 12.8. The van der Waals surface area contributed by atoms with Gasteiger partial charge in [-0.15, -0.1) is 0 Å². The summed E-state index contributed by atoms with van der Waals surface area (Å²) in [7, 11) is -4.10. The lowest BCUT2D eigenvalue weighted by molar-refractivity contribution is -0.384. The number of hydroxylamine groups is 1. The van der Waals surface area contributed by atoms with Gasteiger partial charge in [-0.1, -0.05) is 43.3 Å². The molecule has 45 heavy (non-hydrogen) atoms. The smallest absolute Gasteiger partial charge is 0.339 e. The molecule has 0 spiro atoms. The van der Waals surface area contributed by atoms with Crippen LogP contribution >= 0.6 is 0 Å². The molecule has 0 bridgehead atoms. The van der Waals surface area contributed by atoms with Crippen molar-refractivity contribution in [1.82, 2.24) is 0 Å². The minimum atomic E-state index is -4.10. The van der Waals surface area contributed by atoms with Gasteiger partial charge in [0.25, 0.3) is 11.6 Å². The molecular formula is C32H27N3O9S. The number of nitro benzene ring substituents is 1. The zero-order chi connectivity index (χ0) is 31.7. The maximum absolute atomic E-state index is 14.0. The Kier molecular flexibility index (Phi) is 7.96. The predicted molar refractivity (Wildman–Crippen MR) is 162 cm³/mol. The third-order valence-electron chi connectivity index (χ3n) is 7.44. The van der Waals surface area contributed by atoms with E-state index in [2.05, 4.69) is 0 Å². The van der Waals surface area contributed by atoms with Gasteiger partial charge >= 0.3 is 10.1 Å². The normalized spacial score (nSPS) is 19.4. The molecular weight excluding hydrogens is 602 g/mol. The SMILES string of the molecule is CCCOc1ccc(N2C(=O)[C@H]3[C@@H](c4ccc(OS(=O)(=O)c5ccccc5)cc4)N(c4cccc([N+](=O)[O-])c4)O[C@H]3C2=O)cc1. The van der Waals surface area contributed by atoms with Gasteiger partial charge in [-0.25, -0.2) is 9.96 Å². The number of hydrogen-bond acceptors (Lipinski definition) is 10. The minimum absolute atomic E-state index is 0.0157. The van der Waals surface area contributed by atoms with Crippen LogP contribution in [0.25, 0.3) is 0 Å². The molecule has 0 saturated carbocycles. The summed E-state index contributed by atoms with van der Waals surface area (Å²) in [4.78, 5) is 45.7. The highest BCUT2D eigenvalue weighted by Crippen LogP contribution is 2.48. The summed E-state index contributed by atoms with van der Waals surface area (Å²) in [6.45, 7) is 2.51. The van der Waals surface area contributed by atoms with Crippen molar-refractivity contribution in [2.75, 3.05) is 16.6 Å². The molecule has 6 rings (SSSR count). The number of carbonyl (C=O) groups is 2. The van der Waals surface area contributed by atoms with E-state index in [4.69, 9.17) is 13.8 Å². The molecule has 2 heterocycles. The number of benzene rings is 4. The summed E-state index contributed by atoms with van der Waals surface area (Å²) < 4.78 is 36.4. The Labute approximate surface area is 258 Å². The fraction of sp³-hybridized carbons (Fsp3) is 0.188. The molecule has 4 aromatic carbocycles. The Bertz CT molecular complexity index is 1850. The highest BCUT2D eigenvalue weighted by Gasteiger charge is 2.60. The molecule has 2 amide bonds. The van der Waals surface area contributed by atoms with Gasteiger partial charge < -0.3 is 8.92 Å². The Balaban J connectivity index is 1.34. The van der Waals surface area contributed by atoms with Gasteiger partial charge in [0, 0.05) is 12.1 Å². The van der Waals surface area contributed by atoms with Crippen molar-refractivity contribution >= 4 is 39.0 Å². The topological polar surface area (TPSA) is 146 Å². The van der Waals surface area contributed by atoms with Gasteiger partial charge in [0.1, 0.15) is 22.3 Å². The van der Waals surface area contributed by atoms with E-state index in [0.29, 0.717) is 23.6 Å². The molecule has 2 saturated heterocycles. The first-order valence-corrected chi connectivity index (χ1v) is 15.5. The first kappa shape index (κ1) is 29.8. The Morgan fingerprint density at radius 1 is 0.844 bits per heavy atom. The number of ether oxygens (including phenoxy) is 1. The second-order valence-electron chi connectivity index (χ2n) is 10.4. The average Bonchev–Trinajstić information content (AvgIpc) is 3.56. The third-order valence-corrected chi connectivity index (χ3v) is 8.70. The van der Waals surface area contributed by atoms with Crippen molar-refractivity contribution < 1.29 is 36.7 Å². The lowest BCUT2D eigenvalue weighted by Gasteiger charge is -2.28. The van der Waals surface area contributed by atoms with E-state index >= 15 is 0 Å². The van der Waals surface area contributed by atoms with E-state index in [9.17, 15) is 28.1 Å². The number of hydrogen-bond donors (Lipinski definition) is 0. The molecule has 13 heteroatoms. The van der Waals surface area contributed by atoms with Crippen molar-refractivity contribution in [3.05, 3.63) is 119 Å². The number of imide groups is 1. The van der Waals surface area contributed by atoms with E-state index in [-0.39, 0.29) is 22.0 Å². The van der Waals surface area contributed by atoms with Crippen LogP contribution in [-0.2, 0) is 24.5 Å². The molecule has 3 atom stereocenters. The number of amides is 2. The maximum atomic E-state index is 14.0. The van der Waals surface area contributed by atoms with Crippen LogP contribution in [0.4, 0.5) is 17.1 Å². The molecule has 2 fully saturated rings. The van der Waals surface area contributed by atoms with Gasteiger partial charge in [-0.05, 0) is 66.6 Å². The van der Waals surface area contributed by atoms with Gasteiger partial charge in [-0.2, -0.15) is 8.42 Å². The van der Waals surface area contributed by atoms with Gasteiger partial charge in [0.05, 0.1) is 28.9 Å². The minimum Gasteiger partial charge on any atom is -0.494 e. The van der Waals surface area contributed by atoms with Crippen LogP contribution < -0.4 is 18.9 Å². The second kappa shape index (κ2) is 12.0. The summed E-state index contributed by atoms with van der Waals surface area (Å²) in [5.74, 6) is -1.49. The van der Waals surface area contributed by atoms with Crippen molar-refractivity contribution in [3.8, 4) is 11.5 Å². The molecule has 0 aliphatic carbocycles. The summed E-state index contributed by atoms with van der Waals surface area (Å²) in [6, 6.07) is 25.0. The Morgan fingerprint density at radius 3 is 2.20 bits per heavy atom. The second-order valence-corrected chi connectivity index (χ2v) is 11.9. The van der Waals surface area contributed by atoms with E-state index in [1.165, 1.54) is 47.5 Å². The van der Waals surface area contributed by atoms with Crippen LogP contribution in [0.15, 0.2) is 108 Å².